The summed E-state index contributed by atoms with van der Waals surface area (Å²) in [5, 5.41) is 0.802. The number of carbonyl (C=O) groups is 2. The number of hydrazine groups is 1. The van der Waals surface area contributed by atoms with Gasteiger partial charge in [-0.3, -0.25) is 15.0 Å². The van der Waals surface area contributed by atoms with E-state index in [1.54, 1.807) is 6.92 Å². The number of rotatable bonds is 4. The molecule has 114 valence electrons. The summed E-state index contributed by atoms with van der Waals surface area (Å²) in [5.74, 6) is -0.953. The molecule has 21 heavy (non-hydrogen) atoms. The lowest BCUT2D eigenvalue weighted by molar-refractivity contribution is -0.155. The van der Waals surface area contributed by atoms with Gasteiger partial charge in [0.05, 0.1) is 11.1 Å². The minimum Gasteiger partial charge on any atom is -0.466 e. The summed E-state index contributed by atoms with van der Waals surface area (Å²) in [5.41, 5.74) is 2.37. The first-order valence-corrected chi connectivity index (χ1v) is 7.29. The topological polar surface area (TPSA) is 71.5 Å². The van der Waals surface area contributed by atoms with E-state index in [2.05, 4.69) is 10.4 Å². The highest BCUT2D eigenvalue weighted by atomic mass is 35.5. The second-order valence-corrected chi connectivity index (χ2v) is 5.86. The summed E-state index contributed by atoms with van der Waals surface area (Å²) in [4.78, 5) is 26.9. The van der Waals surface area contributed by atoms with E-state index >= 15 is 0 Å². The first-order chi connectivity index (χ1) is 9.81. The van der Waals surface area contributed by atoms with E-state index in [4.69, 9.17) is 51.1 Å². The minimum absolute atomic E-state index is 0.00741. The third kappa shape index (κ3) is 3.45. The SMILES string of the molecule is CC1C(Cl)C(=O)N1NC(=O)COc1nc(Cl)c(Cl)cc1Cl. The van der Waals surface area contributed by atoms with Gasteiger partial charge in [-0.15, -0.1) is 11.6 Å². The van der Waals surface area contributed by atoms with Gasteiger partial charge in [0.25, 0.3) is 11.8 Å². The van der Waals surface area contributed by atoms with Crippen molar-refractivity contribution in [2.45, 2.75) is 18.3 Å². The van der Waals surface area contributed by atoms with Crippen molar-refractivity contribution in [2.75, 3.05) is 6.61 Å². The van der Waals surface area contributed by atoms with Gasteiger partial charge in [-0.1, -0.05) is 34.8 Å². The number of alkyl halides is 1. The molecule has 0 aliphatic carbocycles. The summed E-state index contributed by atoms with van der Waals surface area (Å²) in [6.45, 7) is 1.31. The Morgan fingerprint density at radius 1 is 1.43 bits per heavy atom. The fourth-order valence-electron chi connectivity index (χ4n) is 1.58. The highest BCUT2D eigenvalue weighted by molar-refractivity contribution is 6.42. The van der Waals surface area contributed by atoms with E-state index in [0.29, 0.717) is 0 Å². The highest BCUT2D eigenvalue weighted by Gasteiger charge is 2.44. The van der Waals surface area contributed by atoms with Gasteiger partial charge in [-0.2, -0.15) is 4.98 Å². The Kier molecular flexibility index (Phi) is 5.03. The molecule has 0 aromatic carbocycles. The molecular formula is C11H9Cl4N3O3. The third-order valence-electron chi connectivity index (χ3n) is 2.74. The number of carbonyl (C=O) groups excluding carboxylic acids is 2. The summed E-state index contributed by atoms with van der Waals surface area (Å²) < 4.78 is 5.13. The molecule has 2 amide bonds. The van der Waals surface area contributed by atoms with Crippen molar-refractivity contribution < 1.29 is 14.3 Å². The molecule has 1 N–H and O–H groups in total. The number of halogens is 4. The lowest BCUT2D eigenvalue weighted by Crippen LogP contribution is -2.67. The molecule has 2 rings (SSSR count). The zero-order chi connectivity index (χ0) is 15.7. The molecule has 2 heterocycles. The lowest BCUT2D eigenvalue weighted by atomic mass is 10.1. The van der Waals surface area contributed by atoms with Gasteiger partial charge < -0.3 is 4.74 Å². The Labute approximate surface area is 140 Å². The van der Waals surface area contributed by atoms with Crippen molar-refractivity contribution in [1.82, 2.24) is 15.4 Å². The van der Waals surface area contributed by atoms with Gasteiger partial charge >= 0.3 is 0 Å². The van der Waals surface area contributed by atoms with Crippen LogP contribution in [0.15, 0.2) is 6.07 Å². The molecule has 0 saturated carbocycles. The van der Waals surface area contributed by atoms with E-state index in [1.807, 2.05) is 0 Å². The molecule has 0 spiro atoms. The normalized spacial score (nSPS) is 21.0. The van der Waals surface area contributed by atoms with Crippen LogP contribution >= 0.6 is 46.4 Å². The molecule has 1 fully saturated rings. The van der Waals surface area contributed by atoms with Crippen LogP contribution in [0.25, 0.3) is 0 Å². The van der Waals surface area contributed by atoms with Crippen LogP contribution in [-0.4, -0.2) is 39.8 Å². The van der Waals surface area contributed by atoms with Crippen LogP contribution in [0.5, 0.6) is 5.88 Å². The molecule has 1 aromatic rings. The average molecular weight is 373 g/mol. The second kappa shape index (κ2) is 6.44. The van der Waals surface area contributed by atoms with Gasteiger partial charge in [-0.25, -0.2) is 5.01 Å². The Balaban J connectivity index is 1.90. The molecule has 0 radical (unpaired) electrons. The number of β-lactam (4-membered cyclic amide) rings is 1. The lowest BCUT2D eigenvalue weighted by Gasteiger charge is -2.41. The molecule has 2 atom stereocenters. The fraction of sp³-hybridized carbons (Fsp3) is 0.364. The van der Waals surface area contributed by atoms with Crippen molar-refractivity contribution in [3.05, 3.63) is 21.3 Å². The molecule has 1 aliphatic heterocycles. The molecule has 2 unspecified atom stereocenters. The number of amides is 2. The number of hydrogen-bond acceptors (Lipinski definition) is 4. The zero-order valence-corrected chi connectivity index (χ0v) is 13.6. The Morgan fingerprint density at radius 3 is 2.71 bits per heavy atom. The molecule has 10 heteroatoms. The maximum absolute atomic E-state index is 11.7. The van der Waals surface area contributed by atoms with Crippen molar-refractivity contribution in [2.24, 2.45) is 0 Å². The van der Waals surface area contributed by atoms with Crippen LogP contribution in [0.2, 0.25) is 15.2 Å². The first-order valence-electron chi connectivity index (χ1n) is 5.72. The molecular weight excluding hydrogens is 364 g/mol. The van der Waals surface area contributed by atoms with Crippen LogP contribution in [0.4, 0.5) is 0 Å². The minimum atomic E-state index is -0.627. The summed E-state index contributed by atoms with van der Waals surface area (Å²) in [7, 11) is 0. The van der Waals surface area contributed by atoms with Crippen molar-refractivity contribution in [3.8, 4) is 5.88 Å². The van der Waals surface area contributed by atoms with E-state index in [-0.39, 0.29) is 33.0 Å². The zero-order valence-electron chi connectivity index (χ0n) is 10.6. The predicted octanol–water partition coefficient (Wildman–Crippen LogP) is 2.29. The summed E-state index contributed by atoms with van der Waals surface area (Å²) in [6, 6.07) is 1.07. The van der Waals surface area contributed by atoms with Gasteiger partial charge in [0.15, 0.2) is 11.8 Å². The van der Waals surface area contributed by atoms with Crippen LogP contribution in [0.1, 0.15) is 6.92 Å². The maximum atomic E-state index is 11.7. The van der Waals surface area contributed by atoms with Gasteiger partial charge in [0.1, 0.15) is 10.4 Å². The van der Waals surface area contributed by atoms with Crippen molar-refractivity contribution in [1.29, 1.82) is 0 Å². The van der Waals surface area contributed by atoms with Gasteiger partial charge in [-0.05, 0) is 13.0 Å². The highest BCUT2D eigenvalue weighted by Crippen LogP contribution is 2.30. The fourth-order valence-corrected chi connectivity index (χ4v) is 2.34. The molecule has 1 saturated heterocycles. The Hall–Kier alpha value is -0.950. The average Bonchev–Trinajstić information content (AvgIpc) is 2.46. The molecule has 1 aromatic heterocycles. The van der Waals surface area contributed by atoms with E-state index in [9.17, 15) is 9.59 Å². The quantitative estimate of drug-likeness (QED) is 0.500. The van der Waals surface area contributed by atoms with E-state index < -0.39 is 17.9 Å². The smallest absolute Gasteiger partial charge is 0.276 e. The maximum Gasteiger partial charge on any atom is 0.276 e. The summed E-state index contributed by atoms with van der Waals surface area (Å²) >= 11 is 23.0. The Morgan fingerprint density at radius 2 is 2.10 bits per heavy atom. The number of aromatic nitrogens is 1. The number of nitrogens with one attached hydrogen (secondary N) is 1. The molecule has 1 aliphatic rings. The van der Waals surface area contributed by atoms with Crippen LogP contribution in [0.3, 0.4) is 0 Å². The second-order valence-electron chi connectivity index (χ2n) is 4.22. The first kappa shape index (κ1) is 16.4. The van der Waals surface area contributed by atoms with Crippen LogP contribution < -0.4 is 10.2 Å². The number of nitrogens with zero attached hydrogens (tertiary/aromatic N) is 2. The van der Waals surface area contributed by atoms with Crippen LogP contribution in [-0.2, 0) is 9.59 Å². The monoisotopic (exact) mass is 371 g/mol. The third-order valence-corrected chi connectivity index (χ3v) is 4.24. The Bertz CT molecular complexity index is 598. The van der Waals surface area contributed by atoms with Crippen molar-refractivity contribution >= 4 is 58.2 Å². The van der Waals surface area contributed by atoms with E-state index in [0.717, 1.165) is 5.01 Å². The largest absolute Gasteiger partial charge is 0.466 e. The van der Waals surface area contributed by atoms with Gasteiger partial charge in [0, 0.05) is 0 Å². The molecule has 6 nitrogen and oxygen atoms in total. The number of pyridine rings is 1. The summed E-state index contributed by atoms with van der Waals surface area (Å²) in [6.07, 6.45) is 0. The van der Waals surface area contributed by atoms with Crippen LogP contribution in [0, 0.1) is 0 Å². The number of ether oxygens (including phenoxy) is 1. The van der Waals surface area contributed by atoms with Gasteiger partial charge in [0.2, 0.25) is 5.88 Å². The molecule has 0 bridgehead atoms. The number of hydrogen-bond donors (Lipinski definition) is 1. The van der Waals surface area contributed by atoms with E-state index in [1.165, 1.54) is 6.07 Å². The standard InChI is InChI=1S/C11H9Cl4N3O3/c1-4-8(14)11(20)18(4)17-7(19)3-21-10-6(13)2-5(12)9(15)16-10/h2,4,8H,3H2,1H3,(H,17,19). The van der Waals surface area contributed by atoms with Crippen molar-refractivity contribution in [3.63, 3.8) is 0 Å². The predicted molar refractivity (Wildman–Crippen MR) is 78.9 cm³/mol.